The van der Waals surface area contributed by atoms with E-state index in [4.69, 9.17) is 5.11 Å². The molecule has 11 heavy (non-hydrogen) atoms. The summed E-state index contributed by atoms with van der Waals surface area (Å²) in [7, 11) is 1.80. The first-order valence-electron chi connectivity index (χ1n) is 3.02. The zero-order chi connectivity index (χ0) is 8.27. The van der Waals surface area contributed by atoms with Crippen LogP contribution in [-0.2, 0) is 11.8 Å². The summed E-state index contributed by atoms with van der Waals surface area (Å²) >= 11 is 1.27. The fraction of sp³-hybridized carbons (Fsp3) is 0.333. The summed E-state index contributed by atoms with van der Waals surface area (Å²) in [4.78, 5) is 11.0. The van der Waals surface area contributed by atoms with Crippen LogP contribution in [0.2, 0.25) is 0 Å². The van der Waals surface area contributed by atoms with Crippen LogP contribution in [0.4, 0.5) is 0 Å². The van der Waals surface area contributed by atoms with E-state index in [1.807, 2.05) is 0 Å². The molecule has 1 N–H and O–H groups in total. The number of rotatable bonds is 3. The van der Waals surface area contributed by atoms with Gasteiger partial charge in [0.25, 0.3) is 0 Å². The fourth-order valence-electron chi connectivity index (χ4n) is 0.618. The lowest BCUT2D eigenvalue weighted by atomic mass is 10.7. The molecule has 1 aromatic rings. The highest BCUT2D eigenvalue weighted by molar-refractivity contribution is 8.00. The Morgan fingerprint density at radius 3 is 3.09 bits per heavy atom. The first-order valence-corrected chi connectivity index (χ1v) is 4.00. The fourth-order valence-corrected chi connectivity index (χ4v) is 1.26. The molecule has 0 saturated heterocycles. The molecule has 0 aliphatic rings. The van der Waals surface area contributed by atoms with Crippen LogP contribution in [0.1, 0.15) is 0 Å². The summed E-state index contributed by atoms with van der Waals surface area (Å²) in [6, 6.07) is 0. The molecule has 1 rings (SSSR count). The Balaban J connectivity index is 2.45. The van der Waals surface area contributed by atoms with Crippen LogP contribution in [-0.4, -0.2) is 26.6 Å². The van der Waals surface area contributed by atoms with Crippen molar-refractivity contribution < 1.29 is 9.90 Å². The minimum absolute atomic E-state index is 0.0890. The van der Waals surface area contributed by atoms with E-state index in [-0.39, 0.29) is 5.75 Å². The summed E-state index contributed by atoms with van der Waals surface area (Å²) in [5, 5.41) is 12.2. The molecule has 0 bridgehead atoms. The Morgan fingerprint density at radius 2 is 2.64 bits per heavy atom. The van der Waals surface area contributed by atoms with Crippen LogP contribution in [0.5, 0.6) is 0 Å². The predicted octanol–water partition coefficient (Wildman–Crippen LogP) is 0.597. The van der Waals surface area contributed by atoms with Gasteiger partial charge < -0.3 is 5.11 Å². The molecule has 0 aliphatic carbocycles. The van der Waals surface area contributed by atoms with Crippen LogP contribution in [0.3, 0.4) is 0 Å². The number of carboxylic acid groups (broad SMARTS) is 1. The van der Waals surface area contributed by atoms with Gasteiger partial charge in [0, 0.05) is 18.1 Å². The second kappa shape index (κ2) is 3.43. The SMILES string of the molecule is Cn1cc(SCC(=O)O)cn1. The molecule has 0 fully saturated rings. The van der Waals surface area contributed by atoms with Crippen molar-refractivity contribution in [2.45, 2.75) is 4.90 Å². The van der Waals surface area contributed by atoms with Gasteiger partial charge in [-0.15, -0.1) is 11.8 Å². The summed E-state index contributed by atoms with van der Waals surface area (Å²) in [6.07, 6.45) is 3.43. The second-order valence-electron chi connectivity index (χ2n) is 2.03. The van der Waals surface area contributed by atoms with Gasteiger partial charge in [0.1, 0.15) is 0 Å². The van der Waals surface area contributed by atoms with Crippen LogP contribution < -0.4 is 0 Å². The quantitative estimate of drug-likeness (QED) is 0.678. The number of carbonyl (C=O) groups is 1. The molecule has 0 spiro atoms. The monoisotopic (exact) mass is 172 g/mol. The number of nitrogens with zero attached hydrogens (tertiary/aromatic N) is 2. The second-order valence-corrected chi connectivity index (χ2v) is 3.08. The molecule has 0 amide bonds. The van der Waals surface area contributed by atoms with Gasteiger partial charge in [-0.3, -0.25) is 9.48 Å². The molecule has 0 radical (unpaired) electrons. The molecule has 4 nitrogen and oxygen atoms in total. The zero-order valence-electron chi connectivity index (χ0n) is 6.02. The largest absolute Gasteiger partial charge is 0.481 e. The lowest BCUT2D eigenvalue weighted by Gasteiger charge is -1.89. The molecule has 60 valence electrons. The maximum Gasteiger partial charge on any atom is 0.313 e. The molecule has 1 aromatic heterocycles. The molecule has 0 aromatic carbocycles. The standard InChI is InChI=1S/C6H8N2O2S/c1-8-3-5(2-7-8)11-4-6(9)10/h2-3H,4H2,1H3,(H,9,10). The van der Waals surface area contributed by atoms with Gasteiger partial charge >= 0.3 is 5.97 Å². The minimum Gasteiger partial charge on any atom is -0.481 e. The van der Waals surface area contributed by atoms with Gasteiger partial charge in [0.2, 0.25) is 0 Å². The van der Waals surface area contributed by atoms with Crippen molar-refractivity contribution in [3.05, 3.63) is 12.4 Å². The molecule has 0 aliphatic heterocycles. The highest BCUT2D eigenvalue weighted by Gasteiger charge is 2.00. The molecule has 0 saturated carbocycles. The van der Waals surface area contributed by atoms with Crippen molar-refractivity contribution in [1.29, 1.82) is 0 Å². The lowest BCUT2D eigenvalue weighted by molar-refractivity contribution is -0.133. The van der Waals surface area contributed by atoms with Crippen molar-refractivity contribution in [1.82, 2.24) is 9.78 Å². The molecule has 5 heteroatoms. The van der Waals surface area contributed by atoms with Crippen LogP contribution >= 0.6 is 11.8 Å². The van der Waals surface area contributed by atoms with E-state index in [1.54, 1.807) is 24.1 Å². The van der Waals surface area contributed by atoms with Gasteiger partial charge in [-0.05, 0) is 0 Å². The third kappa shape index (κ3) is 2.63. The van der Waals surface area contributed by atoms with Crippen molar-refractivity contribution in [3.63, 3.8) is 0 Å². The molecule has 0 atom stereocenters. The number of hydrogen-bond donors (Lipinski definition) is 1. The number of carboxylic acids is 1. The smallest absolute Gasteiger partial charge is 0.313 e. The zero-order valence-corrected chi connectivity index (χ0v) is 6.84. The normalized spacial score (nSPS) is 9.91. The first-order chi connectivity index (χ1) is 5.18. The van der Waals surface area contributed by atoms with Gasteiger partial charge in [-0.1, -0.05) is 0 Å². The van der Waals surface area contributed by atoms with Gasteiger partial charge in [-0.2, -0.15) is 5.10 Å². The predicted molar refractivity (Wildman–Crippen MR) is 41.6 cm³/mol. The van der Waals surface area contributed by atoms with E-state index in [2.05, 4.69) is 5.10 Å². The van der Waals surface area contributed by atoms with Crippen molar-refractivity contribution in [2.24, 2.45) is 7.05 Å². The third-order valence-corrected chi connectivity index (χ3v) is 1.98. The Bertz CT molecular complexity index is 259. The Morgan fingerprint density at radius 1 is 1.91 bits per heavy atom. The Hall–Kier alpha value is -0.970. The number of hydrogen-bond acceptors (Lipinski definition) is 3. The van der Waals surface area contributed by atoms with Gasteiger partial charge in [0.05, 0.1) is 11.9 Å². The first kappa shape index (κ1) is 8.13. The number of aliphatic carboxylic acids is 1. The highest BCUT2D eigenvalue weighted by atomic mass is 32.2. The van der Waals surface area contributed by atoms with E-state index in [0.717, 1.165) is 4.90 Å². The highest BCUT2D eigenvalue weighted by Crippen LogP contribution is 2.15. The maximum atomic E-state index is 10.1. The minimum atomic E-state index is -0.807. The topological polar surface area (TPSA) is 55.1 Å². The molecular weight excluding hydrogens is 164 g/mol. The number of aryl methyl sites for hydroxylation is 1. The Kier molecular flexibility index (Phi) is 2.53. The van der Waals surface area contributed by atoms with E-state index in [0.29, 0.717) is 0 Å². The third-order valence-electron chi connectivity index (χ3n) is 1.04. The van der Waals surface area contributed by atoms with E-state index in [1.165, 1.54) is 11.8 Å². The summed E-state index contributed by atoms with van der Waals surface area (Å²) in [5.41, 5.74) is 0. The lowest BCUT2D eigenvalue weighted by Crippen LogP contribution is -1.96. The average molecular weight is 172 g/mol. The van der Waals surface area contributed by atoms with Crippen LogP contribution in [0.15, 0.2) is 17.3 Å². The molecule has 1 heterocycles. The Labute approximate surface area is 68.2 Å². The molecular formula is C6H8N2O2S. The number of thioether (sulfide) groups is 1. The van der Waals surface area contributed by atoms with Gasteiger partial charge in [-0.25, -0.2) is 0 Å². The van der Waals surface area contributed by atoms with Crippen molar-refractivity contribution in [2.75, 3.05) is 5.75 Å². The van der Waals surface area contributed by atoms with Crippen LogP contribution in [0, 0.1) is 0 Å². The van der Waals surface area contributed by atoms with E-state index in [9.17, 15) is 4.79 Å². The maximum absolute atomic E-state index is 10.1. The summed E-state index contributed by atoms with van der Waals surface area (Å²) < 4.78 is 1.64. The van der Waals surface area contributed by atoms with Crippen molar-refractivity contribution >= 4 is 17.7 Å². The summed E-state index contributed by atoms with van der Waals surface area (Å²) in [6.45, 7) is 0. The van der Waals surface area contributed by atoms with Crippen LogP contribution in [0.25, 0.3) is 0 Å². The average Bonchev–Trinajstić information content (AvgIpc) is 2.31. The van der Waals surface area contributed by atoms with E-state index >= 15 is 0 Å². The summed E-state index contributed by atoms with van der Waals surface area (Å²) in [5.74, 6) is -0.718. The van der Waals surface area contributed by atoms with Gasteiger partial charge in [0.15, 0.2) is 0 Å². The number of aromatic nitrogens is 2. The molecule has 0 unspecified atom stereocenters. The van der Waals surface area contributed by atoms with E-state index < -0.39 is 5.97 Å². The van der Waals surface area contributed by atoms with Crippen molar-refractivity contribution in [3.8, 4) is 0 Å².